The number of carboxylic acids is 1. The van der Waals surface area contributed by atoms with E-state index in [0.29, 0.717) is 5.56 Å². The van der Waals surface area contributed by atoms with Crippen LogP contribution in [0, 0.1) is 0 Å². The Bertz CT molecular complexity index is 574. The first-order chi connectivity index (χ1) is 8.69. The second-order valence-electron chi connectivity index (χ2n) is 4.16. The molecule has 0 aliphatic heterocycles. The van der Waals surface area contributed by atoms with E-state index < -0.39 is 5.97 Å². The molecule has 0 spiro atoms. The van der Waals surface area contributed by atoms with Gasteiger partial charge in [0.1, 0.15) is 0 Å². The van der Waals surface area contributed by atoms with Crippen LogP contribution in [-0.2, 0) is 0 Å². The minimum atomic E-state index is -0.878. The summed E-state index contributed by atoms with van der Waals surface area (Å²) in [4.78, 5) is 13.5. The van der Waals surface area contributed by atoms with Gasteiger partial charge in [0.15, 0.2) is 0 Å². The van der Waals surface area contributed by atoms with Crippen molar-refractivity contribution in [1.82, 2.24) is 0 Å². The van der Waals surface area contributed by atoms with Gasteiger partial charge in [-0.2, -0.15) is 0 Å². The van der Waals surface area contributed by atoms with Crippen molar-refractivity contribution in [2.75, 3.05) is 18.0 Å². The lowest BCUT2D eigenvalue weighted by Gasteiger charge is -2.23. The summed E-state index contributed by atoms with van der Waals surface area (Å²) in [5.74, 6) is -0.878. The fraction of sp³-hybridized carbons (Fsp3) is 0.267. The maximum Gasteiger partial charge on any atom is 0.336 e. The second-order valence-corrected chi connectivity index (χ2v) is 4.16. The maximum atomic E-state index is 11.2. The van der Waals surface area contributed by atoms with E-state index in [1.165, 1.54) is 0 Å². The predicted molar refractivity (Wildman–Crippen MR) is 74.5 cm³/mol. The molecule has 0 saturated carbocycles. The fourth-order valence-corrected chi connectivity index (χ4v) is 2.31. The van der Waals surface area contributed by atoms with Crippen LogP contribution in [0.5, 0.6) is 0 Å². The van der Waals surface area contributed by atoms with Crippen molar-refractivity contribution in [3.8, 4) is 0 Å². The standard InChI is InChI=1S/C15H17NO2/c1-3-16(4-2)14-10-9-13(15(17)18)11-7-5-6-8-12(11)14/h5-10H,3-4H2,1-2H3,(H,17,18). The van der Waals surface area contributed by atoms with Gasteiger partial charge in [-0.15, -0.1) is 0 Å². The molecule has 2 aromatic carbocycles. The number of rotatable bonds is 4. The number of carboxylic acid groups (broad SMARTS) is 1. The van der Waals surface area contributed by atoms with Crippen molar-refractivity contribution in [2.45, 2.75) is 13.8 Å². The first-order valence-electron chi connectivity index (χ1n) is 6.19. The van der Waals surface area contributed by atoms with Crippen molar-refractivity contribution in [3.63, 3.8) is 0 Å². The summed E-state index contributed by atoms with van der Waals surface area (Å²) in [5, 5.41) is 11.0. The molecule has 0 aliphatic rings. The molecule has 0 heterocycles. The molecule has 18 heavy (non-hydrogen) atoms. The normalized spacial score (nSPS) is 10.6. The summed E-state index contributed by atoms with van der Waals surface area (Å²) in [5.41, 5.74) is 1.46. The average molecular weight is 243 g/mol. The quantitative estimate of drug-likeness (QED) is 0.894. The molecule has 0 amide bonds. The van der Waals surface area contributed by atoms with E-state index in [1.54, 1.807) is 6.07 Å². The molecular formula is C15H17NO2. The molecule has 2 rings (SSSR count). The van der Waals surface area contributed by atoms with Crippen LogP contribution in [0.4, 0.5) is 5.69 Å². The molecule has 3 heteroatoms. The van der Waals surface area contributed by atoms with Gasteiger partial charge in [-0.3, -0.25) is 0 Å². The van der Waals surface area contributed by atoms with E-state index in [9.17, 15) is 9.90 Å². The highest BCUT2D eigenvalue weighted by atomic mass is 16.4. The van der Waals surface area contributed by atoms with E-state index in [-0.39, 0.29) is 0 Å². The molecule has 0 bridgehead atoms. The van der Waals surface area contributed by atoms with Crippen molar-refractivity contribution < 1.29 is 9.90 Å². The van der Waals surface area contributed by atoms with Crippen LogP contribution in [0.25, 0.3) is 10.8 Å². The SMILES string of the molecule is CCN(CC)c1ccc(C(=O)O)c2ccccc12. The molecule has 0 aromatic heterocycles. The summed E-state index contributed by atoms with van der Waals surface area (Å²) in [7, 11) is 0. The minimum absolute atomic E-state index is 0.363. The Morgan fingerprint density at radius 3 is 2.22 bits per heavy atom. The van der Waals surface area contributed by atoms with Gasteiger partial charge < -0.3 is 10.0 Å². The third-order valence-corrected chi connectivity index (χ3v) is 3.24. The van der Waals surface area contributed by atoms with Crippen LogP contribution in [-0.4, -0.2) is 24.2 Å². The van der Waals surface area contributed by atoms with Crippen molar-refractivity contribution in [3.05, 3.63) is 42.0 Å². The number of benzene rings is 2. The minimum Gasteiger partial charge on any atom is -0.478 e. The van der Waals surface area contributed by atoms with Crippen molar-refractivity contribution in [2.24, 2.45) is 0 Å². The van der Waals surface area contributed by atoms with E-state index in [4.69, 9.17) is 0 Å². The highest BCUT2D eigenvalue weighted by molar-refractivity contribution is 6.07. The van der Waals surface area contributed by atoms with E-state index in [0.717, 1.165) is 29.5 Å². The summed E-state index contributed by atoms with van der Waals surface area (Å²) in [6, 6.07) is 11.3. The first-order valence-corrected chi connectivity index (χ1v) is 6.19. The Morgan fingerprint density at radius 2 is 1.67 bits per heavy atom. The Morgan fingerprint density at radius 1 is 1.06 bits per heavy atom. The molecule has 0 fully saturated rings. The molecule has 0 radical (unpaired) electrons. The van der Waals surface area contributed by atoms with Gasteiger partial charge in [-0.05, 0) is 31.4 Å². The first kappa shape index (κ1) is 12.4. The lowest BCUT2D eigenvalue weighted by Crippen LogP contribution is -2.22. The Labute approximate surface area is 107 Å². The van der Waals surface area contributed by atoms with Gasteiger partial charge in [0.2, 0.25) is 0 Å². The summed E-state index contributed by atoms with van der Waals surface area (Å²) < 4.78 is 0. The van der Waals surface area contributed by atoms with Crippen LogP contribution in [0.15, 0.2) is 36.4 Å². The monoisotopic (exact) mass is 243 g/mol. The molecule has 0 atom stereocenters. The number of aromatic carboxylic acids is 1. The number of anilines is 1. The lowest BCUT2D eigenvalue weighted by atomic mass is 10.0. The second kappa shape index (κ2) is 5.08. The third kappa shape index (κ3) is 2.04. The van der Waals surface area contributed by atoms with Gasteiger partial charge in [0, 0.05) is 24.2 Å². The average Bonchev–Trinajstić information content (AvgIpc) is 2.39. The van der Waals surface area contributed by atoms with E-state index in [2.05, 4.69) is 18.7 Å². The van der Waals surface area contributed by atoms with Crippen LogP contribution in [0.3, 0.4) is 0 Å². The maximum absolute atomic E-state index is 11.2. The van der Waals surface area contributed by atoms with Crippen LogP contribution in [0.1, 0.15) is 24.2 Å². The van der Waals surface area contributed by atoms with Gasteiger partial charge >= 0.3 is 5.97 Å². The van der Waals surface area contributed by atoms with Crippen LogP contribution >= 0.6 is 0 Å². The van der Waals surface area contributed by atoms with Crippen molar-refractivity contribution in [1.29, 1.82) is 0 Å². The van der Waals surface area contributed by atoms with Gasteiger partial charge in [-0.25, -0.2) is 4.79 Å². The summed E-state index contributed by atoms with van der Waals surface area (Å²) in [6.45, 7) is 6.02. The molecule has 2 aromatic rings. The van der Waals surface area contributed by atoms with Gasteiger partial charge in [-0.1, -0.05) is 24.3 Å². The predicted octanol–water partition coefficient (Wildman–Crippen LogP) is 3.38. The third-order valence-electron chi connectivity index (χ3n) is 3.24. The highest BCUT2D eigenvalue weighted by Gasteiger charge is 2.13. The molecule has 0 aliphatic carbocycles. The molecule has 1 N–H and O–H groups in total. The zero-order chi connectivity index (χ0) is 13.1. The number of nitrogens with zero attached hydrogens (tertiary/aromatic N) is 1. The number of fused-ring (bicyclic) bond motifs is 1. The zero-order valence-electron chi connectivity index (χ0n) is 10.7. The largest absolute Gasteiger partial charge is 0.478 e. The highest BCUT2D eigenvalue weighted by Crippen LogP contribution is 2.29. The molecule has 3 nitrogen and oxygen atoms in total. The Kier molecular flexibility index (Phi) is 3.51. The smallest absolute Gasteiger partial charge is 0.336 e. The molecular weight excluding hydrogens is 226 g/mol. The zero-order valence-corrected chi connectivity index (χ0v) is 10.7. The summed E-state index contributed by atoms with van der Waals surface area (Å²) >= 11 is 0. The number of hydrogen-bond donors (Lipinski definition) is 1. The Hall–Kier alpha value is -2.03. The molecule has 0 unspecified atom stereocenters. The number of carbonyl (C=O) groups is 1. The lowest BCUT2D eigenvalue weighted by molar-refractivity contribution is 0.0699. The number of hydrogen-bond acceptors (Lipinski definition) is 2. The van der Waals surface area contributed by atoms with Crippen LogP contribution < -0.4 is 4.90 Å². The fourth-order valence-electron chi connectivity index (χ4n) is 2.31. The molecule has 94 valence electrons. The topological polar surface area (TPSA) is 40.5 Å². The van der Waals surface area contributed by atoms with Crippen molar-refractivity contribution >= 4 is 22.4 Å². The van der Waals surface area contributed by atoms with Crippen LogP contribution in [0.2, 0.25) is 0 Å². The summed E-state index contributed by atoms with van der Waals surface area (Å²) in [6.07, 6.45) is 0. The van der Waals surface area contributed by atoms with E-state index in [1.807, 2.05) is 30.3 Å². The Balaban J connectivity index is 2.71. The van der Waals surface area contributed by atoms with Gasteiger partial charge in [0.25, 0.3) is 0 Å². The van der Waals surface area contributed by atoms with E-state index >= 15 is 0 Å². The van der Waals surface area contributed by atoms with Gasteiger partial charge in [0.05, 0.1) is 5.56 Å². The molecule has 0 saturated heterocycles.